The van der Waals surface area contributed by atoms with Gasteiger partial charge < -0.3 is 9.64 Å². The molecule has 22 heavy (non-hydrogen) atoms. The monoisotopic (exact) mass is 385 g/mol. The third kappa shape index (κ3) is 3.89. The standard InChI is InChI=1S/C15H16BrNO4S/c1-3-21-15(20)12-6-10(16)4-5-13(12)17-8-11(7-14(17)19)22-9(2)18/h4-6,11H,3,7-8H2,1-2H3. The first-order chi connectivity index (χ1) is 10.4. The number of carbonyl (C=O) groups excluding carboxylic acids is 3. The average molecular weight is 386 g/mol. The van der Waals surface area contributed by atoms with Crippen LogP contribution in [-0.4, -0.2) is 35.4 Å². The van der Waals surface area contributed by atoms with Crippen LogP contribution in [0.25, 0.3) is 0 Å². The normalized spacial score (nSPS) is 17.7. The molecule has 7 heteroatoms. The van der Waals surface area contributed by atoms with Crippen molar-refractivity contribution in [3.05, 3.63) is 28.2 Å². The van der Waals surface area contributed by atoms with E-state index in [0.717, 1.165) is 4.47 Å². The molecule has 1 saturated heterocycles. The van der Waals surface area contributed by atoms with Gasteiger partial charge in [-0.05, 0) is 25.1 Å². The van der Waals surface area contributed by atoms with Gasteiger partial charge in [-0.3, -0.25) is 9.59 Å². The first-order valence-electron chi connectivity index (χ1n) is 6.86. The number of amides is 1. The second-order valence-corrected chi connectivity index (χ2v) is 7.21. The fraction of sp³-hybridized carbons (Fsp3) is 0.400. The molecule has 0 aliphatic carbocycles. The van der Waals surface area contributed by atoms with Gasteiger partial charge in [0.1, 0.15) is 0 Å². The van der Waals surface area contributed by atoms with E-state index in [9.17, 15) is 14.4 Å². The number of hydrogen-bond donors (Lipinski definition) is 0. The SMILES string of the molecule is CCOC(=O)c1cc(Br)ccc1N1CC(SC(C)=O)CC1=O. The van der Waals surface area contributed by atoms with Crippen LogP contribution in [0.4, 0.5) is 5.69 Å². The van der Waals surface area contributed by atoms with E-state index >= 15 is 0 Å². The van der Waals surface area contributed by atoms with Crippen LogP contribution in [0.3, 0.4) is 0 Å². The fourth-order valence-corrected chi connectivity index (χ4v) is 3.62. The first kappa shape index (κ1) is 17.0. The lowest BCUT2D eigenvalue weighted by atomic mass is 10.1. The van der Waals surface area contributed by atoms with Crippen LogP contribution in [-0.2, 0) is 14.3 Å². The smallest absolute Gasteiger partial charge is 0.340 e. The van der Waals surface area contributed by atoms with E-state index in [1.54, 1.807) is 30.0 Å². The molecule has 1 atom stereocenters. The molecule has 2 rings (SSSR count). The molecule has 0 radical (unpaired) electrons. The van der Waals surface area contributed by atoms with Crippen molar-refractivity contribution in [1.29, 1.82) is 0 Å². The van der Waals surface area contributed by atoms with Gasteiger partial charge in [-0.25, -0.2) is 4.79 Å². The van der Waals surface area contributed by atoms with Crippen LogP contribution in [0.1, 0.15) is 30.6 Å². The molecule has 1 aliphatic rings. The summed E-state index contributed by atoms with van der Waals surface area (Å²) >= 11 is 4.49. The number of hydrogen-bond acceptors (Lipinski definition) is 5. The van der Waals surface area contributed by atoms with E-state index < -0.39 is 5.97 Å². The summed E-state index contributed by atoms with van der Waals surface area (Å²) in [6.07, 6.45) is 0.294. The van der Waals surface area contributed by atoms with Crippen LogP contribution in [0.2, 0.25) is 0 Å². The molecule has 1 aliphatic heterocycles. The number of thioether (sulfide) groups is 1. The van der Waals surface area contributed by atoms with E-state index in [1.807, 2.05) is 0 Å². The number of carbonyl (C=O) groups is 3. The zero-order valence-corrected chi connectivity index (χ0v) is 14.7. The maximum atomic E-state index is 12.2. The summed E-state index contributed by atoms with van der Waals surface area (Å²) in [7, 11) is 0. The zero-order valence-electron chi connectivity index (χ0n) is 12.3. The molecule has 0 N–H and O–H groups in total. The Kier molecular flexibility index (Phi) is 5.63. The molecule has 1 unspecified atom stereocenters. The molecule has 1 fully saturated rings. The number of halogens is 1. The summed E-state index contributed by atoms with van der Waals surface area (Å²) in [4.78, 5) is 37.1. The van der Waals surface area contributed by atoms with Gasteiger partial charge in [0.05, 0.1) is 17.9 Å². The lowest BCUT2D eigenvalue weighted by Crippen LogP contribution is -2.27. The third-order valence-electron chi connectivity index (χ3n) is 3.17. The van der Waals surface area contributed by atoms with Crippen LogP contribution in [0.15, 0.2) is 22.7 Å². The molecule has 0 saturated carbocycles. The van der Waals surface area contributed by atoms with E-state index in [1.165, 1.54) is 18.7 Å². The third-order valence-corrected chi connectivity index (χ3v) is 4.64. The van der Waals surface area contributed by atoms with Crippen molar-refractivity contribution >= 4 is 50.4 Å². The predicted molar refractivity (Wildman–Crippen MR) is 89.1 cm³/mol. The van der Waals surface area contributed by atoms with Crippen molar-refractivity contribution in [1.82, 2.24) is 0 Å². The fourth-order valence-electron chi connectivity index (χ4n) is 2.34. The Hall–Kier alpha value is -1.34. The minimum Gasteiger partial charge on any atom is -0.462 e. The van der Waals surface area contributed by atoms with Crippen molar-refractivity contribution in [2.45, 2.75) is 25.5 Å². The predicted octanol–water partition coefficient (Wildman–Crippen LogP) is 3.01. The first-order valence-corrected chi connectivity index (χ1v) is 8.54. The van der Waals surface area contributed by atoms with Gasteiger partial charge in [-0.2, -0.15) is 0 Å². The van der Waals surface area contributed by atoms with Crippen LogP contribution >= 0.6 is 27.7 Å². The van der Waals surface area contributed by atoms with Gasteiger partial charge in [0.2, 0.25) is 5.91 Å². The summed E-state index contributed by atoms with van der Waals surface area (Å²) < 4.78 is 5.79. The van der Waals surface area contributed by atoms with Crippen molar-refractivity contribution in [2.75, 3.05) is 18.1 Å². The molecule has 0 aromatic heterocycles. The van der Waals surface area contributed by atoms with Gasteiger partial charge in [-0.1, -0.05) is 27.7 Å². The highest BCUT2D eigenvalue weighted by atomic mass is 79.9. The van der Waals surface area contributed by atoms with Crippen LogP contribution in [0.5, 0.6) is 0 Å². The van der Waals surface area contributed by atoms with Crippen molar-refractivity contribution in [3.8, 4) is 0 Å². The molecule has 0 bridgehead atoms. The van der Waals surface area contributed by atoms with Crippen LogP contribution in [0, 0.1) is 0 Å². The Morgan fingerprint density at radius 3 is 2.82 bits per heavy atom. The quantitative estimate of drug-likeness (QED) is 0.745. The second kappa shape index (κ2) is 7.28. The molecule has 1 heterocycles. The number of rotatable bonds is 4. The Morgan fingerprint density at radius 2 is 2.18 bits per heavy atom. The van der Waals surface area contributed by atoms with Crippen molar-refractivity contribution in [3.63, 3.8) is 0 Å². The highest BCUT2D eigenvalue weighted by molar-refractivity contribution is 9.10. The Labute approximate surface area is 141 Å². The maximum absolute atomic E-state index is 12.2. The summed E-state index contributed by atoms with van der Waals surface area (Å²) in [6, 6.07) is 5.14. The zero-order chi connectivity index (χ0) is 16.3. The molecular weight excluding hydrogens is 370 g/mol. The van der Waals surface area contributed by atoms with Gasteiger partial charge in [0.25, 0.3) is 0 Å². The topological polar surface area (TPSA) is 63.7 Å². The number of ether oxygens (including phenoxy) is 1. The summed E-state index contributed by atoms with van der Waals surface area (Å²) in [6.45, 7) is 3.90. The van der Waals surface area contributed by atoms with Gasteiger partial charge in [-0.15, -0.1) is 0 Å². The minimum absolute atomic E-state index is 0.0129. The molecule has 118 valence electrons. The van der Waals surface area contributed by atoms with Gasteiger partial charge in [0, 0.05) is 29.6 Å². The summed E-state index contributed by atoms with van der Waals surface area (Å²) in [5, 5.41) is -0.0928. The average Bonchev–Trinajstić information content (AvgIpc) is 2.78. The van der Waals surface area contributed by atoms with Gasteiger partial charge >= 0.3 is 5.97 Å². The Balaban J connectivity index is 2.30. The van der Waals surface area contributed by atoms with E-state index in [2.05, 4.69) is 15.9 Å². The number of nitrogens with zero attached hydrogens (tertiary/aromatic N) is 1. The minimum atomic E-state index is -0.464. The Morgan fingerprint density at radius 1 is 1.45 bits per heavy atom. The largest absolute Gasteiger partial charge is 0.462 e. The summed E-state index contributed by atoms with van der Waals surface area (Å²) in [5.41, 5.74) is 0.872. The van der Waals surface area contributed by atoms with Crippen molar-refractivity contribution in [2.24, 2.45) is 0 Å². The lowest BCUT2D eigenvalue weighted by Gasteiger charge is -2.19. The molecule has 5 nitrogen and oxygen atoms in total. The molecular formula is C15H16BrNO4S. The molecule has 1 aromatic carbocycles. The summed E-state index contributed by atoms with van der Waals surface area (Å²) in [5.74, 6) is -0.555. The van der Waals surface area contributed by atoms with Crippen LogP contribution < -0.4 is 4.90 Å². The van der Waals surface area contributed by atoms with E-state index in [4.69, 9.17) is 4.74 Å². The second-order valence-electron chi connectivity index (χ2n) is 4.82. The number of benzene rings is 1. The number of anilines is 1. The molecule has 0 spiro atoms. The highest BCUT2D eigenvalue weighted by Gasteiger charge is 2.34. The van der Waals surface area contributed by atoms with E-state index in [0.29, 0.717) is 24.2 Å². The maximum Gasteiger partial charge on any atom is 0.340 e. The van der Waals surface area contributed by atoms with E-state index in [-0.39, 0.29) is 22.9 Å². The lowest BCUT2D eigenvalue weighted by molar-refractivity contribution is -0.117. The highest BCUT2D eigenvalue weighted by Crippen LogP contribution is 2.32. The Bertz CT molecular complexity index is 620. The van der Waals surface area contributed by atoms with Gasteiger partial charge in [0.15, 0.2) is 5.12 Å². The molecule has 1 amide bonds. The molecule has 1 aromatic rings. The number of esters is 1. The van der Waals surface area contributed by atoms with Crippen molar-refractivity contribution < 1.29 is 19.1 Å².